The van der Waals surface area contributed by atoms with Crippen LogP contribution in [0.5, 0.6) is 5.75 Å². The highest BCUT2D eigenvalue weighted by Crippen LogP contribution is 2.26. The Labute approximate surface area is 115 Å². The monoisotopic (exact) mass is 277 g/mol. The maximum Gasteiger partial charge on any atom is 0.240 e. The second kappa shape index (κ2) is 5.63. The van der Waals surface area contributed by atoms with Gasteiger partial charge in [-0.2, -0.15) is 16.7 Å². The molecule has 1 saturated heterocycles. The van der Waals surface area contributed by atoms with Gasteiger partial charge < -0.3 is 15.0 Å². The summed E-state index contributed by atoms with van der Waals surface area (Å²) >= 11 is 1.93. The van der Waals surface area contributed by atoms with Crippen molar-refractivity contribution in [2.24, 2.45) is 5.73 Å². The van der Waals surface area contributed by atoms with E-state index in [-0.39, 0.29) is 6.54 Å². The highest BCUT2D eigenvalue weighted by Gasteiger charge is 2.17. The third-order valence-electron chi connectivity index (χ3n) is 2.93. The van der Waals surface area contributed by atoms with Gasteiger partial charge >= 0.3 is 0 Å². The van der Waals surface area contributed by atoms with Crippen LogP contribution in [0.25, 0.3) is 11.4 Å². The van der Waals surface area contributed by atoms with E-state index in [0.717, 1.165) is 23.5 Å². The summed E-state index contributed by atoms with van der Waals surface area (Å²) in [6, 6.07) is 7.76. The molecule has 0 bridgehead atoms. The minimum absolute atomic E-state index is 0.252. The highest BCUT2D eigenvalue weighted by molar-refractivity contribution is 7.99. The lowest BCUT2D eigenvalue weighted by Crippen LogP contribution is -2.14. The molecule has 19 heavy (non-hydrogen) atoms. The zero-order chi connectivity index (χ0) is 13.1. The molecule has 2 heterocycles. The van der Waals surface area contributed by atoms with Crippen molar-refractivity contribution >= 4 is 11.8 Å². The number of ether oxygens (including phenoxy) is 1. The molecule has 0 radical (unpaired) electrons. The number of hydrogen-bond donors (Lipinski definition) is 1. The summed E-state index contributed by atoms with van der Waals surface area (Å²) in [5.41, 5.74) is 6.34. The smallest absolute Gasteiger partial charge is 0.240 e. The first kappa shape index (κ1) is 12.5. The molecule has 100 valence electrons. The van der Waals surface area contributed by atoms with E-state index in [1.807, 2.05) is 36.0 Å². The number of nitrogens with zero attached hydrogens (tertiary/aromatic N) is 2. The second-order valence-electron chi connectivity index (χ2n) is 4.35. The van der Waals surface area contributed by atoms with Crippen molar-refractivity contribution in [3.8, 4) is 17.1 Å². The van der Waals surface area contributed by atoms with E-state index in [9.17, 15) is 0 Å². The number of benzene rings is 1. The van der Waals surface area contributed by atoms with Gasteiger partial charge in [-0.05, 0) is 24.3 Å². The molecule has 5 nitrogen and oxygen atoms in total. The summed E-state index contributed by atoms with van der Waals surface area (Å²) in [6.07, 6.45) is 1.42. The van der Waals surface area contributed by atoms with Gasteiger partial charge in [0.25, 0.3) is 0 Å². The van der Waals surface area contributed by atoms with Crippen molar-refractivity contribution in [3.05, 3.63) is 30.2 Å². The molecule has 0 spiro atoms. The Balaban J connectivity index is 1.78. The van der Waals surface area contributed by atoms with E-state index in [4.69, 9.17) is 15.0 Å². The highest BCUT2D eigenvalue weighted by atomic mass is 32.2. The van der Waals surface area contributed by atoms with Crippen molar-refractivity contribution < 1.29 is 9.26 Å². The SMILES string of the molecule is NCc1nc(-c2cccc(OC3CCSC3)c2)no1. The predicted molar refractivity (Wildman–Crippen MR) is 74.0 cm³/mol. The average Bonchev–Trinajstić information content (AvgIpc) is 3.09. The molecule has 2 N–H and O–H groups in total. The van der Waals surface area contributed by atoms with Gasteiger partial charge in [-0.1, -0.05) is 17.3 Å². The van der Waals surface area contributed by atoms with Crippen molar-refractivity contribution in [2.75, 3.05) is 11.5 Å². The first-order chi connectivity index (χ1) is 9.35. The normalized spacial score (nSPS) is 18.7. The summed E-state index contributed by atoms with van der Waals surface area (Å²) in [5.74, 6) is 4.07. The summed E-state index contributed by atoms with van der Waals surface area (Å²) in [7, 11) is 0. The van der Waals surface area contributed by atoms with Gasteiger partial charge in [0, 0.05) is 11.3 Å². The minimum atomic E-state index is 0.252. The van der Waals surface area contributed by atoms with Crippen LogP contribution in [-0.2, 0) is 6.54 Å². The maximum absolute atomic E-state index is 5.94. The number of nitrogens with two attached hydrogens (primary N) is 1. The van der Waals surface area contributed by atoms with Crippen LogP contribution in [0.3, 0.4) is 0 Å². The van der Waals surface area contributed by atoms with Crippen molar-refractivity contribution in [2.45, 2.75) is 19.1 Å². The number of hydrogen-bond acceptors (Lipinski definition) is 6. The quantitative estimate of drug-likeness (QED) is 0.922. The van der Waals surface area contributed by atoms with Crippen LogP contribution in [0.2, 0.25) is 0 Å². The van der Waals surface area contributed by atoms with Crippen LogP contribution in [0.4, 0.5) is 0 Å². The molecule has 3 rings (SSSR count). The van der Waals surface area contributed by atoms with Crippen LogP contribution >= 0.6 is 11.8 Å². The minimum Gasteiger partial charge on any atom is -0.490 e. The lowest BCUT2D eigenvalue weighted by molar-refractivity contribution is 0.229. The van der Waals surface area contributed by atoms with E-state index in [1.54, 1.807) is 0 Å². The van der Waals surface area contributed by atoms with Crippen LogP contribution in [-0.4, -0.2) is 27.8 Å². The largest absolute Gasteiger partial charge is 0.490 e. The van der Waals surface area contributed by atoms with Crippen LogP contribution in [0, 0.1) is 0 Å². The molecule has 0 amide bonds. The Morgan fingerprint density at radius 2 is 2.42 bits per heavy atom. The number of thioether (sulfide) groups is 1. The molecule has 1 fully saturated rings. The van der Waals surface area contributed by atoms with E-state index in [2.05, 4.69) is 10.1 Å². The van der Waals surface area contributed by atoms with Gasteiger partial charge in [0.15, 0.2) is 0 Å². The Morgan fingerprint density at radius 3 is 3.16 bits per heavy atom. The standard InChI is InChI=1S/C13H15N3O2S/c14-7-12-15-13(16-18-12)9-2-1-3-10(6-9)17-11-4-5-19-8-11/h1-3,6,11H,4-5,7-8,14H2. The van der Waals surface area contributed by atoms with Gasteiger partial charge in [-0.25, -0.2) is 0 Å². The summed E-state index contributed by atoms with van der Waals surface area (Å²) in [6.45, 7) is 0.252. The zero-order valence-corrected chi connectivity index (χ0v) is 11.2. The molecule has 0 saturated carbocycles. The van der Waals surface area contributed by atoms with Gasteiger partial charge in [0.05, 0.1) is 6.54 Å². The molecule has 2 aromatic rings. The topological polar surface area (TPSA) is 74.2 Å². The van der Waals surface area contributed by atoms with Crippen molar-refractivity contribution in [1.29, 1.82) is 0 Å². The molecular formula is C13H15N3O2S. The lowest BCUT2D eigenvalue weighted by Gasteiger charge is -2.12. The third-order valence-corrected chi connectivity index (χ3v) is 4.06. The van der Waals surface area contributed by atoms with Gasteiger partial charge in [-0.15, -0.1) is 0 Å². The van der Waals surface area contributed by atoms with Gasteiger partial charge in [0.2, 0.25) is 11.7 Å². The third kappa shape index (κ3) is 2.90. The zero-order valence-electron chi connectivity index (χ0n) is 10.4. The Hall–Kier alpha value is -1.53. The number of aromatic nitrogens is 2. The molecule has 0 aliphatic carbocycles. The fourth-order valence-electron chi connectivity index (χ4n) is 1.96. The first-order valence-electron chi connectivity index (χ1n) is 6.22. The molecule has 1 aromatic heterocycles. The average molecular weight is 277 g/mol. The van der Waals surface area contributed by atoms with Gasteiger partial charge in [-0.3, -0.25) is 0 Å². The molecule has 1 aliphatic rings. The van der Waals surface area contributed by atoms with Crippen LogP contribution < -0.4 is 10.5 Å². The van der Waals surface area contributed by atoms with E-state index in [1.165, 1.54) is 5.75 Å². The molecule has 1 atom stereocenters. The lowest BCUT2D eigenvalue weighted by atomic mass is 10.2. The molecule has 6 heteroatoms. The van der Waals surface area contributed by atoms with Crippen molar-refractivity contribution in [1.82, 2.24) is 10.1 Å². The van der Waals surface area contributed by atoms with E-state index >= 15 is 0 Å². The molecule has 1 unspecified atom stereocenters. The summed E-state index contributed by atoms with van der Waals surface area (Å²) < 4.78 is 11.0. The Morgan fingerprint density at radius 1 is 1.47 bits per heavy atom. The van der Waals surface area contributed by atoms with E-state index in [0.29, 0.717) is 17.8 Å². The second-order valence-corrected chi connectivity index (χ2v) is 5.50. The van der Waals surface area contributed by atoms with Crippen LogP contribution in [0.15, 0.2) is 28.8 Å². The van der Waals surface area contributed by atoms with Crippen LogP contribution in [0.1, 0.15) is 12.3 Å². The Bertz CT molecular complexity index is 552. The molecular weight excluding hydrogens is 262 g/mol. The summed E-state index contributed by atoms with van der Waals surface area (Å²) in [5, 5.41) is 3.90. The number of rotatable bonds is 4. The van der Waals surface area contributed by atoms with Crippen molar-refractivity contribution in [3.63, 3.8) is 0 Å². The molecule has 1 aliphatic heterocycles. The fraction of sp³-hybridized carbons (Fsp3) is 0.385. The van der Waals surface area contributed by atoms with E-state index < -0.39 is 0 Å². The maximum atomic E-state index is 5.94. The fourth-order valence-corrected chi connectivity index (χ4v) is 3.06. The molecule has 1 aromatic carbocycles. The summed E-state index contributed by atoms with van der Waals surface area (Å²) in [4.78, 5) is 4.21. The predicted octanol–water partition coefficient (Wildman–Crippen LogP) is 2.08. The van der Waals surface area contributed by atoms with Gasteiger partial charge in [0.1, 0.15) is 11.9 Å². The first-order valence-corrected chi connectivity index (χ1v) is 7.38. The Kier molecular flexibility index (Phi) is 3.70.